The molecule has 0 radical (unpaired) electrons. The molecule has 2 heteroatoms. The summed E-state index contributed by atoms with van der Waals surface area (Å²) in [5, 5.41) is 0. The summed E-state index contributed by atoms with van der Waals surface area (Å²) in [7, 11) is 0. The summed E-state index contributed by atoms with van der Waals surface area (Å²) in [5.74, 6) is 0.811. The molecule has 2 aliphatic rings. The van der Waals surface area contributed by atoms with E-state index in [1.807, 2.05) is 0 Å². The summed E-state index contributed by atoms with van der Waals surface area (Å²) in [6, 6.07) is 0. The number of hydrogen-bond donors (Lipinski definition) is 0. The lowest BCUT2D eigenvalue weighted by atomic mass is 9.93. The molecule has 88 valence electrons. The molecular formula is C13H24FN. The van der Waals surface area contributed by atoms with Gasteiger partial charge in [-0.2, -0.15) is 0 Å². The average Bonchev–Trinajstić information content (AvgIpc) is 2.88. The molecule has 0 aromatic carbocycles. The van der Waals surface area contributed by atoms with Crippen LogP contribution in [0.15, 0.2) is 0 Å². The van der Waals surface area contributed by atoms with Crippen molar-refractivity contribution in [2.45, 2.75) is 52.1 Å². The van der Waals surface area contributed by atoms with Crippen molar-refractivity contribution in [2.24, 2.45) is 11.3 Å². The fourth-order valence-corrected chi connectivity index (χ4v) is 3.00. The zero-order valence-corrected chi connectivity index (χ0v) is 10.1. The molecule has 1 aliphatic heterocycles. The van der Waals surface area contributed by atoms with E-state index in [4.69, 9.17) is 0 Å². The van der Waals surface area contributed by atoms with Gasteiger partial charge in [-0.25, -0.2) is 4.39 Å². The third-order valence-corrected chi connectivity index (χ3v) is 3.87. The lowest BCUT2D eigenvalue weighted by Gasteiger charge is -2.32. The van der Waals surface area contributed by atoms with Gasteiger partial charge in [0.15, 0.2) is 0 Å². The first-order chi connectivity index (χ1) is 7.10. The van der Waals surface area contributed by atoms with Gasteiger partial charge >= 0.3 is 0 Å². The minimum absolute atomic E-state index is 0.526. The van der Waals surface area contributed by atoms with E-state index in [1.54, 1.807) is 0 Å². The Morgan fingerprint density at radius 3 is 2.33 bits per heavy atom. The van der Waals surface area contributed by atoms with Crippen molar-refractivity contribution in [3.8, 4) is 0 Å². The van der Waals surface area contributed by atoms with Crippen LogP contribution in [-0.2, 0) is 0 Å². The molecular weight excluding hydrogens is 189 g/mol. The van der Waals surface area contributed by atoms with Crippen LogP contribution in [0.25, 0.3) is 0 Å². The Balaban J connectivity index is 1.76. The largest absolute Gasteiger partial charge is 0.303 e. The van der Waals surface area contributed by atoms with Gasteiger partial charge in [-0.15, -0.1) is 0 Å². The van der Waals surface area contributed by atoms with Crippen molar-refractivity contribution in [3.63, 3.8) is 0 Å². The molecule has 1 saturated carbocycles. The van der Waals surface area contributed by atoms with E-state index in [0.717, 1.165) is 31.8 Å². The third kappa shape index (κ3) is 3.17. The number of hydrogen-bond acceptors (Lipinski definition) is 1. The van der Waals surface area contributed by atoms with Crippen molar-refractivity contribution in [3.05, 3.63) is 0 Å². The van der Waals surface area contributed by atoms with Crippen molar-refractivity contribution in [2.75, 3.05) is 19.6 Å². The van der Waals surface area contributed by atoms with Crippen molar-refractivity contribution in [1.29, 1.82) is 0 Å². The van der Waals surface area contributed by atoms with Crippen molar-refractivity contribution < 1.29 is 4.39 Å². The fraction of sp³-hybridized carbons (Fsp3) is 1.00. The van der Waals surface area contributed by atoms with Crippen LogP contribution >= 0.6 is 0 Å². The van der Waals surface area contributed by atoms with Crippen molar-refractivity contribution >= 4 is 0 Å². The highest BCUT2D eigenvalue weighted by atomic mass is 19.1. The van der Waals surface area contributed by atoms with Crippen LogP contribution in [0, 0.1) is 11.3 Å². The molecule has 2 rings (SSSR count). The van der Waals surface area contributed by atoms with Gasteiger partial charge in [-0.05, 0) is 43.4 Å². The molecule has 0 spiro atoms. The van der Waals surface area contributed by atoms with Crippen LogP contribution in [0.3, 0.4) is 0 Å². The number of halogens is 1. The highest BCUT2D eigenvalue weighted by molar-refractivity contribution is 4.96. The maximum atomic E-state index is 13.0. The van der Waals surface area contributed by atoms with E-state index in [0.29, 0.717) is 5.41 Å². The Morgan fingerprint density at radius 1 is 1.27 bits per heavy atom. The lowest BCUT2D eigenvalue weighted by molar-refractivity contribution is 0.123. The SMILES string of the molecule is CC(C)CC1(CN2CCC(F)CC2)CC1. The summed E-state index contributed by atoms with van der Waals surface area (Å²) in [6.07, 6.45) is 5.17. The normalized spacial score (nSPS) is 27.2. The van der Waals surface area contributed by atoms with E-state index >= 15 is 0 Å². The standard InChI is InChI=1S/C13H24FN/c1-11(2)9-13(5-6-13)10-15-7-3-12(14)4-8-15/h11-12H,3-10H2,1-2H3. The maximum Gasteiger partial charge on any atom is 0.103 e. The Kier molecular flexibility index (Phi) is 3.34. The minimum Gasteiger partial charge on any atom is -0.303 e. The first kappa shape index (κ1) is 11.4. The fourth-order valence-electron chi connectivity index (χ4n) is 3.00. The molecule has 0 N–H and O–H groups in total. The summed E-state index contributed by atoms with van der Waals surface area (Å²) in [4.78, 5) is 2.49. The Morgan fingerprint density at radius 2 is 1.87 bits per heavy atom. The molecule has 2 fully saturated rings. The van der Waals surface area contributed by atoms with Gasteiger partial charge in [0.25, 0.3) is 0 Å². The predicted octanol–water partition coefficient (Wildman–Crippen LogP) is 3.25. The van der Waals surface area contributed by atoms with Crippen LogP contribution in [0.1, 0.15) is 46.0 Å². The number of likely N-dealkylation sites (tertiary alicyclic amines) is 1. The van der Waals surface area contributed by atoms with E-state index in [1.165, 1.54) is 25.8 Å². The molecule has 0 bridgehead atoms. The molecule has 0 aromatic heterocycles. The van der Waals surface area contributed by atoms with E-state index in [2.05, 4.69) is 18.7 Å². The van der Waals surface area contributed by atoms with Gasteiger partial charge in [-0.3, -0.25) is 0 Å². The lowest BCUT2D eigenvalue weighted by Crippen LogP contribution is -2.38. The second-order valence-electron chi connectivity index (χ2n) is 6.05. The topological polar surface area (TPSA) is 3.24 Å². The average molecular weight is 213 g/mol. The van der Waals surface area contributed by atoms with Crippen LogP contribution in [0.4, 0.5) is 4.39 Å². The predicted molar refractivity (Wildman–Crippen MR) is 61.7 cm³/mol. The summed E-state index contributed by atoms with van der Waals surface area (Å²) >= 11 is 0. The Hall–Kier alpha value is -0.110. The molecule has 1 saturated heterocycles. The smallest absolute Gasteiger partial charge is 0.103 e. The van der Waals surface area contributed by atoms with Gasteiger partial charge in [-0.1, -0.05) is 13.8 Å². The monoisotopic (exact) mass is 213 g/mol. The van der Waals surface area contributed by atoms with Crippen LogP contribution in [-0.4, -0.2) is 30.7 Å². The second-order valence-corrected chi connectivity index (χ2v) is 6.05. The first-order valence-corrected chi connectivity index (χ1v) is 6.46. The highest BCUT2D eigenvalue weighted by Gasteiger charge is 2.44. The van der Waals surface area contributed by atoms with Gasteiger partial charge < -0.3 is 4.90 Å². The molecule has 0 aromatic rings. The zero-order chi connectivity index (χ0) is 10.9. The van der Waals surface area contributed by atoms with Crippen LogP contribution in [0.5, 0.6) is 0 Å². The molecule has 0 amide bonds. The van der Waals surface area contributed by atoms with Gasteiger partial charge in [0, 0.05) is 19.6 Å². The van der Waals surface area contributed by atoms with Gasteiger partial charge in [0.2, 0.25) is 0 Å². The Bertz CT molecular complexity index is 203. The minimum atomic E-state index is -0.526. The van der Waals surface area contributed by atoms with Crippen LogP contribution < -0.4 is 0 Å². The second kappa shape index (κ2) is 4.40. The first-order valence-electron chi connectivity index (χ1n) is 6.46. The van der Waals surface area contributed by atoms with Crippen LogP contribution in [0.2, 0.25) is 0 Å². The molecule has 0 atom stereocenters. The summed E-state index contributed by atoms with van der Waals surface area (Å²) < 4.78 is 13.0. The highest BCUT2D eigenvalue weighted by Crippen LogP contribution is 2.51. The zero-order valence-electron chi connectivity index (χ0n) is 10.1. The maximum absolute atomic E-state index is 13.0. The summed E-state index contributed by atoms with van der Waals surface area (Å²) in [6.45, 7) is 7.83. The molecule has 15 heavy (non-hydrogen) atoms. The van der Waals surface area contributed by atoms with Gasteiger partial charge in [0.1, 0.15) is 6.17 Å². The summed E-state index contributed by atoms with van der Waals surface area (Å²) in [5.41, 5.74) is 0.622. The number of alkyl halides is 1. The molecule has 1 nitrogen and oxygen atoms in total. The molecule has 1 aliphatic carbocycles. The Labute approximate surface area is 93.0 Å². The molecule has 0 unspecified atom stereocenters. The quantitative estimate of drug-likeness (QED) is 0.693. The third-order valence-electron chi connectivity index (χ3n) is 3.87. The molecule has 1 heterocycles. The van der Waals surface area contributed by atoms with Crippen molar-refractivity contribution in [1.82, 2.24) is 4.90 Å². The van der Waals surface area contributed by atoms with E-state index in [9.17, 15) is 4.39 Å². The number of rotatable bonds is 4. The number of nitrogens with zero attached hydrogens (tertiary/aromatic N) is 1. The van der Waals surface area contributed by atoms with Gasteiger partial charge in [0.05, 0.1) is 0 Å². The number of piperidine rings is 1. The van der Waals surface area contributed by atoms with E-state index < -0.39 is 6.17 Å². The van der Waals surface area contributed by atoms with E-state index in [-0.39, 0.29) is 0 Å².